The highest BCUT2D eigenvalue weighted by atomic mass is 79.9. The Morgan fingerprint density at radius 2 is 2.00 bits per heavy atom. The zero-order chi connectivity index (χ0) is 14.5. The van der Waals surface area contributed by atoms with Gasteiger partial charge in [-0.15, -0.1) is 0 Å². The van der Waals surface area contributed by atoms with Crippen LogP contribution in [0.25, 0.3) is 0 Å². The van der Waals surface area contributed by atoms with Gasteiger partial charge in [0.25, 0.3) is 0 Å². The van der Waals surface area contributed by atoms with E-state index < -0.39 is 0 Å². The fourth-order valence-corrected chi connectivity index (χ4v) is 2.68. The lowest BCUT2D eigenvalue weighted by Gasteiger charge is -2.19. The van der Waals surface area contributed by atoms with E-state index in [-0.39, 0.29) is 11.9 Å². The molecule has 0 saturated heterocycles. The Labute approximate surface area is 128 Å². The monoisotopic (exact) mass is 335 g/mol. The first-order valence-corrected chi connectivity index (χ1v) is 7.63. The van der Waals surface area contributed by atoms with E-state index in [2.05, 4.69) is 53.3 Å². The topological polar surface area (TPSA) is 12.0 Å². The molecular weight excluding hydrogens is 317 g/mol. The maximum absolute atomic E-state index is 14.0. The lowest BCUT2D eigenvalue weighted by Crippen LogP contribution is -2.23. The van der Waals surface area contributed by atoms with Crippen molar-refractivity contribution in [3.63, 3.8) is 0 Å². The highest BCUT2D eigenvalue weighted by molar-refractivity contribution is 9.10. The highest BCUT2D eigenvalue weighted by Crippen LogP contribution is 2.23. The van der Waals surface area contributed by atoms with Gasteiger partial charge in [-0.05, 0) is 43.1 Å². The molecule has 0 heterocycles. The fourth-order valence-electron chi connectivity index (χ4n) is 2.35. The number of nitrogens with one attached hydrogen (secondary N) is 1. The van der Waals surface area contributed by atoms with Crippen molar-refractivity contribution in [3.8, 4) is 0 Å². The van der Waals surface area contributed by atoms with Crippen molar-refractivity contribution in [1.29, 1.82) is 0 Å². The summed E-state index contributed by atoms with van der Waals surface area (Å²) in [5.41, 5.74) is 3.16. The lowest BCUT2D eigenvalue weighted by molar-refractivity contribution is 0.527. The predicted molar refractivity (Wildman–Crippen MR) is 85.4 cm³/mol. The maximum atomic E-state index is 14.0. The number of benzene rings is 2. The molecule has 2 aromatic rings. The number of likely N-dealkylation sites (N-methyl/N-ethyl adjacent to an activating group) is 1. The Hall–Kier alpha value is -1.19. The molecule has 0 radical (unpaired) electrons. The van der Waals surface area contributed by atoms with E-state index in [0.717, 1.165) is 16.6 Å². The first-order valence-electron chi connectivity index (χ1n) is 6.84. The third kappa shape index (κ3) is 3.90. The molecule has 2 aromatic carbocycles. The van der Waals surface area contributed by atoms with Gasteiger partial charge in [0.1, 0.15) is 5.82 Å². The van der Waals surface area contributed by atoms with E-state index in [1.807, 2.05) is 18.2 Å². The van der Waals surface area contributed by atoms with Crippen molar-refractivity contribution in [2.75, 3.05) is 6.54 Å². The van der Waals surface area contributed by atoms with Gasteiger partial charge in [-0.1, -0.05) is 58.7 Å². The second-order valence-electron chi connectivity index (χ2n) is 4.96. The third-order valence-corrected chi connectivity index (χ3v) is 3.83. The van der Waals surface area contributed by atoms with Crippen LogP contribution in [0, 0.1) is 12.7 Å². The standard InChI is InChI=1S/C17H19BrFN/c1-3-20-17(14-6-4-5-12(2)9-14)10-13-7-8-15(18)11-16(13)19/h4-9,11,17,20H,3,10H2,1-2H3. The van der Waals surface area contributed by atoms with Crippen LogP contribution < -0.4 is 5.32 Å². The molecule has 0 aliphatic heterocycles. The van der Waals surface area contributed by atoms with Gasteiger partial charge in [-0.25, -0.2) is 4.39 Å². The van der Waals surface area contributed by atoms with Crippen LogP contribution in [0.1, 0.15) is 29.7 Å². The van der Waals surface area contributed by atoms with E-state index in [1.165, 1.54) is 17.2 Å². The van der Waals surface area contributed by atoms with Gasteiger partial charge in [0.15, 0.2) is 0 Å². The minimum absolute atomic E-state index is 0.135. The fraction of sp³-hybridized carbons (Fsp3) is 0.294. The van der Waals surface area contributed by atoms with Crippen molar-refractivity contribution in [2.24, 2.45) is 0 Å². The molecule has 3 heteroatoms. The van der Waals surface area contributed by atoms with Crippen LogP contribution in [-0.2, 0) is 6.42 Å². The zero-order valence-corrected chi connectivity index (χ0v) is 13.4. The first-order chi connectivity index (χ1) is 9.60. The van der Waals surface area contributed by atoms with Crippen molar-refractivity contribution in [2.45, 2.75) is 26.3 Å². The Bertz CT molecular complexity index is 583. The summed E-state index contributed by atoms with van der Waals surface area (Å²) in [5.74, 6) is -0.157. The normalized spacial score (nSPS) is 12.4. The van der Waals surface area contributed by atoms with Crippen LogP contribution in [0.5, 0.6) is 0 Å². The molecule has 1 atom stereocenters. The van der Waals surface area contributed by atoms with Crippen LogP contribution in [0.2, 0.25) is 0 Å². The predicted octanol–water partition coefficient (Wildman–Crippen LogP) is 4.79. The molecule has 106 valence electrons. The summed E-state index contributed by atoms with van der Waals surface area (Å²) in [4.78, 5) is 0. The molecule has 0 aromatic heterocycles. The van der Waals surface area contributed by atoms with E-state index in [9.17, 15) is 4.39 Å². The van der Waals surface area contributed by atoms with Crippen molar-refractivity contribution in [1.82, 2.24) is 5.32 Å². The average Bonchev–Trinajstić information content (AvgIpc) is 2.41. The molecule has 2 rings (SSSR count). The Kier molecular flexibility index (Phi) is 5.32. The quantitative estimate of drug-likeness (QED) is 0.828. The molecule has 1 nitrogen and oxygen atoms in total. The summed E-state index contributed by atoms with van der Waals surface area (Å²) < 4.78 is 14.8. The van der Waals surface area contributed by atoms with Gasteiger partial charge >= 0.3 is 0 Å². The molecule has 0 fully saturated rings. The van der Waals surface area contributed by atoms with Crippen LogP contribution in [0.4, 0.5) is 4.39 Å². The lowest BCUT2D eigenvalue weighted by atomic mass is 9.97. The second-order valence-corrected chi connectivity index (χ2v) is 5.88. The summed E-state index contributed by atoms with van der Waals surface area (Å²) in [7, 11) is 0. The molecule has 0 saturated carbocycles. The number of hydrogen-bond donors (Lipinski definition) is 1. The summed E-state index contributed by atoms with van der Waals surface area (Å²) in [5, 5.41) is 3.44. The smallest absolute Gasteiger partial charge is 0.127 e. The summed E-state index contributed by atoms with van der Waals surface area (Å²) in [6, 6.07) is 13.8. The van der Waals surface area contributed by atoms with E-state index in [0.29, 0.717) is 6.42 Å². The van der Waals surface area contributed by atoms with Gasteiger partial charge in [-0.3, -0.25) is 0 Å². The maximum Gasteiger partial charge on any atom is 0.127 e. The molecule has 0 amide bonds. The molecule has 1 unspecified atom stereocenters. The first kappa shape index (κ1) is 15.2. The highest BCUT2D eigenvalue weighted by Gasteiger charge is 2.14. The number of halogens is 2. The van der Waals surface area contributed by atoms with Gasteiger partial charge in [0.2, 0.25) is 0 Å². The van der Waals surface area contributed by atoms with Crippen molar-refractivity contribution in [3.05, 3.63) is 69.4 Å². The van der Waals surface area contributed by atoms with Crippen molar-refractivity contribution < 1.29 is 4.39 Å². The molecule has 0 bridgehead atoms. The minimum atomic E-state index is -0.157. The summed E-state index contributed by atoms with van der Waals surface area (Å²) >= 11 is 3.29. The molecule has 20 heavy (non-hydrogen) atoms. The second kappa shape index (κ2) is 7.00. The van der Waals surface area contributed by atoms with E-state index in [4.69, 9.17) is 0 Å². The van der Waals surface area contributed by atoms with Crippen LogP contribution in [-0.4, -0.2) is 6.54 Å². The number of rotatable bonds is 5. The Morgan fingerprint density at radius 1 is 1.20 bits per heavy atom. The zero-order valence-electron chi connectivity index (χ0n) is 11.8. The van der Waals surface area contributed by atoms with E-state index in [1.54, 1.807) is 0 Å². The van der Waals surface area contributed by atoms with Crippen LogP contribution in [0.3, 0.4) is 0 Å². The Balaban J connectivity index is 2.25. The van der Waals surface area contributed by atoms with Crippen LogP contribution >= 0.6 is 15.9 Å². The van der Waals surface area contributed by atoms with Crippen molar-refractivity contribution >= 4 is 15.9 Å². The number of hydrogen-bond acceptors (Lipinski definition) is 1. The molecule has 0 aliphatic rings. The average molecular weight is 336 g/mol. The molecule has 0 aliphatic carbocycles. The van der Waals surface area contributed by atoms with Crippen LogP contribution in [0.15, 0.2) is 46.9 Å². The SMILES string of the molecule is CCNC(Cc1ccc(Br)cc1F)c1cccc(C)c1. The summed E-state index contributed by atoms with van der Waals surface area (Å²) in [6.45, 7) is 5.00. The van der Waals surface area contributed by atoms with Gasteiger partial charge < -0.3 is 5.32 Å². The number of aryl methyl sites for hydroxylation is 1. The molecular formula is C17H19BrFN. The minimum Gasteiger partial charge on any atom is -0.310 e. The Morgan fingerprint density at radius 3 is 2.65 bits per heavy atom. The van der Waals surface area contributed by atoms with E-state index >= 15 is 0 Å². The van der Waals surface area contributed by atoms with Gasteiger partial charge in [0.05, 0.1) is 0 Å². The molecule has 1 N–H and O–H groups in total. The van der Waals surface area contributed by atoms with Gasteiger partial charge in [-0.2, -0.15) is 0 Å². The summed E-state index contributed by atoms with van der Waals surface area (Å²) in [6.07, 6.45) is 0.649. The van der Waals surface area contributed by atoms with Gasteiger partial charge in [0, 0.05) is 10.5 Å². The third-order valence-electron chi connectivity index (χ3n) is 3.33. The largest absolute Gasteiger partial charge is 0.310 e. The molecule has 0 spiro atoms.